The van der Waals surface area contributed by atoms with Crippen molar-refractivity contribution in [1.82, 2.24) is 10.2 Å². The van der Waals surface area contributed by atoms with Gasteiger partial charge in [-0.1, -0.05) is 48.5 Å². The van der Waals surface area contributed by atoms with Crippen LogP contribution in [0.5, 0.6) is 0 Å². The van der Waals surface area contributed by atoms with E-state index >= 15 is 0 Å². The maximum atomic E-state index is 12.9. The molecule has 0 bridgehead atoms. The van der Waals surface area contributed by atoms with Crippen LogP contribution < -0.4 is 5.32 Å². The molecule has 4 nitrogen and oxygen atoms in total. The van der Waals surface area contributed by atoms with Crippen molar-refractivity contribution in [2.24, 2.45) is 11.8 Å². The smallest absolute Gasteiger partial charge is 0.253 e. The Morgan fingerprint density at radius 1 is 0.923 bits per heavy atom. The molecule has 4 rings (SSSR count). The van der Waals surface area contributed by atoms with Crippen LogP contribution in [-0.4, -0.2) is 36.3 Å². The largest absolute Gasteiger partial charge is 0.356 e. The number of benzene rings is 2. The maximum absolute atomic E-state index is 12.9. The molecule has 0 spiro atoms. The molecule has 2 fully saturated rings. The minimum Gasteiger partial charge on any atom is -0.356 e. The van der Waals surface area contributed by atoms with Crippen molar-refractivity contribution in [3.63, 3.8) is 0 Å². The Labute approximate surface area is 154 Å². The Balaban J connectivity index is 1.53. The molecule has 2 aromatic carbocycles. The van der Waals surface area contributed by atoms with E-state index in [1.54, 1.807) is 0 Å². The fourth-order valence-corrected chi connectivity index (χ4v) is 3.73. The molecule has 1 saturated heterocycles. The standard InChI is InChI=1S/C22H24N2O2/c25-21(23-13-16-11-12-16)20-15-24(22(26)18-9-5-2-6-10-18)14-19(20)17-7-3-1-4-8-17/h1-10,16,19-20H,11-15H2,(H,23,25). The van der Waals surface area contributed by atoms with Crippen LogP contribution >= 0.6 is 0 Å². The number of hydrogen-bond donors (Lipinski definition) is 1. The number of likely N-dealkylation sites (tertiary alicyclic amines) is 1. The van der Waals surface area contributed by atoms with Gasteiger partial charge in [0.25, 0.3) is 5.91 Å². The van der Waals surface area contributed by atoms with Gasteiger partial charge in [0.15, 0.2) is 0 Å². The van der Waals surface area contributed by atoms with Crippen molar-refractivity contribution in [2.75, 3.05) is 19.6 Å². The van der Waals surface area contributed by atoms with Crippen LogP contribution in [0.3, 0.4) is 0 Å². The zero-order valence-electron chi connectivity index (χ0n) is 14.8. The van der Waals surface area contributed by atoms with Crippen molar-refractivity contribution >= 4 is 11.8 Å². The Kier molecular flexibility index (Phi) is 4.74. The lowest BCUT2D eigenvalue weighted by atomic mass is 9.88. The van der Waals surface area contributed by atoms with Crippen LogP contribution in [0, 0.1) is 11.8 Å². The molecule has 4 heteroatoms. The van der Waals surface area contributed by atoms with Crippen LogP contribution in [0.4, 0.5) is 0 Å². The van der Waals surface area contributed by atoms with Gasteiger partial charge in [-0.05, 0) is 36.5 Å². The molecule has 1 aliphatic heterocycles. The van der Waals surface area contributed by atoms with Crippen molar-refractivity contribution < 1.29 is 9.59 Å². The van der Waals surface area contributed by atoms with Gasteiger partial charge in [0.1, 0.15) is 0 Å². The third-order valence-corrected chi connectivity index (χ3v) is 5.45. The summed E-state index contributed by atoms with van der Waals surface area (Å²) in [7, 11) is 0. The van der Waals surface area contributed by atoms with Crippen molar-refractivity contribution in [3.05, 3.63) is 71.8 Å². The Morgan fingerprint density at radius 3 is 2.23 bits per heavy atom. The zero-order chi connectivity index (χ0) is 17.9. The van der Waals surface area contributed by atoms with Gasteiger partial charge in [-0.3, -0.25) is 9.59 Å². The minimum atomic E-state index is -0.191. The van der Waals surface area contributed by atoms with Gasteiger partial charge in [0.05, 0.1) is 5.92 Å². The van der Waals surface area contributed by atoms with Crippen LogP contribution in [0.2, 0.25) is 0 Å². The lowest BCUT2D eigenvalue weighted by Crippen LogP contribution is -2.36. The van der Waals surface area contributed by atoms with E-state index in [9.17, 15) is 9.59 Å². The number of carbonyl (C=O) groups is 2. The summed E-state index contributed by atoms with van der Waals surface area (Å²) < 4.78 is 0. The van der Waals surface area contributed by atoms with Crippen LogP contribution in [0.1, 0.15) is 34.7 Å². The average Bonchev–Trinajstić information content (AvgIpc) is 3.42. The van der Waals surface area contributed by atoms with E-state index in [-0.39, 0.29) is 23.7 Å². The summed E-state index contributed by atoms with van der Waals surface area (Å²) in [6.45, 7) is 1.83. The zero-order valence-corrected chi connectivity index (χ0v) is 14.8. The molecule has 26 heavy (non-hydrogen) atoms. The molecular weight excluding hydrogens is 324 g/mol. The molecule has 0 aromatic heterocycles. The van der Waals surface area contributed by atoms with E-state index in [2.05, 4.69) is 17.4 Å². The first-order valence-corrected chi connectivity index (χ1v) is 9.39. The summed E-state index contributed by atoms with van der Waals surface area (Å²) in [5, 5.41) is 3.11. The van der Waals surface area contributed by atoms with E-state index in [0.717, 1.165) is 12.1 Å². The number of amides is 2. The fraction of sp³-hybridized carbons (Fsp3) is 0.364. The SMILES string of the molecule is O=C(NCC1CC1)C1CN(C(=O)c2ccccc2)CC1c1ccccc1. The highest BCUT2D eigenvalue weighted by Crippen LogP contribution is 2.34. The molecule has 2 amide bonds. The molecule has 1 heterocycles. The predicted octanol–water partition coefficient (Wildman–Crippen LogP) is 3.07. The number of carbonyl (C=O) groups excluding carboxylic acids is 2. The summed E-state index contributed by atoms with van der Waals surface area (Å²) in [6, 6.07) is 19.4. The molecule has 2 atom stereocenters. The van der Waals surface area contributed by atoms with Crippen LogP contribution in [0.15, 0.2) is 60.7 Å². The van der Waals surface area contributed by atoms with Gasteiger partial charge in [0.2, 0.25) is 5.91 Å². The third kappa shape index (κ3) is 3.64. The van der Waals surface area contributed by atoms with Crippen LogP contribution in [0.25, 0.3) is 0 Å². The first-order valence-electron chi connectivity index (χ1n) is 9.39. The van der Waals surface area contributed by atoms with E-state index < -0.39 is 0 Å². The summed E-state index contributed by atoms with van der Waals surface area (Å²) >= 11 is 0. The Hall–Kier alpha value is -2.62. The minimum absolute atomic E-state index is 0.00373. The normalized spacial score (nSPS) is 22.2. The van der Waals surface area contributed by atoms with Gasteiger partial charge in [-0.25, -0.2) is 0 Å². The Bertz CT molecular complexity index is 771. The van der Waals surface area contributed by atoms with Crippen LogP contribution in [-0.2, 0) is 4.79 Å². The molecule has 2 aromatic rings. The molecule has 1 saturated carbocycles. The molecular formula is C22H24N2O2. The average molecular weight is 348 g/mol. The van der Waals surface area contributed by atoms with Gasteiger partial charge in [-0.15, -0.1) is 0 Å². The number of nitrogens with zero attached hydrogens (tertiary/aromatic N) is 1. The first-order chi connectivity index (χ1) is 12.7. The molecule has 1 N–H and O–H groups in total. The summed E-state index contributed by atoms with van der Waals surface area (Å²) in [5.74, 6) is 0.586. The third-order valence-electron chi connectivity index (χ3n) is 5.45. The molecule has 1 aliphatic carbocycles. The quantitative estimate of drug-likeness (QED) is 0.903. The molecule has 0 radical (unpaired) electrons. The topological polar surface area (TPSA) is 49.4 Å². The molecule has 2 aliphatic rings. The van der Waals surface area contributed by atoms with E-state index in [1.165, 1.54) is 12.8 Å². The summed E-state index contributed by atoms with van der Waals surface area (Å²) in [4.78, 5) is 27.5. The summed E-state index contributed by atoms with van der Waals surface area (Å²) in [6.07, 6.45) is 2.43. The summed E-state index contributed by atoms with van der Waals surface area (Å²) in [5.41, 5.74) is 1.81. The molecule has 2 unspecified atom stereocenters. The molecule has 134 valence electrons. The monoisotopic (exact) mass is 348 g/mol. The predicted molar refractivity (Wildman–Crippen MR) is 101 cm³/mol. The van der Waals surface area contributed by atoms with Crippen molar-refractivity contribution in [1.29, 1.82) is 0 Å². The van der Waals surface area contributed by atoms with Gasteiger partial charge in [0, 0.05) is 31.1 Å². The van der Waals surface area contributed by atoms with Gasteiger partial charge >= 0.3 is 0 Å². The lowest BCUT2D eigenvalue weighted by molar-refractivity contribution is -0.125. The van der Waals surface area contributed by atoms with Gasteiger partial charge < -0.3 is 10.2 Å². The second-order valence-corrected chi connectivity index (χ2v) is 7.39. The van der Waals surface area contributed by atoms with E-state index in [0.29, 0.717) is 24.6 Å². The van der Waals surface area contributed by atoms with Gasteiger partial charge in [-0.2, -0.15) is 0 Å². The maximum Gasteiger partial charge on any atom is 0.253 e. The second kappa shape index (κ2) is 7.32. The van der Waals surface area contributed by atoms with Crippen molar-refractivity contribution in [2.45, 2.75) is 18.8 Å². The number of nitrogens with one attached hydrogen (secondary N) is 1. The van der Waals surface area contributed by atoms with E-state index in [4.69, 9.17) is 0 Å². The fourth-order valence-electron chi connectivity index (χ4n) is 3.73. The second-order valence-electron chi connectivity index (χ2n) is 7.39. The lowest BCUT2D eigenvalue weighted by Gasteiger charge is -2.18. The number of hydrogen-bond acceptors (Lipinski definition) is 2. The van der Waals surface area contributed by atoms with Crippen molar-refractivity contribution in [3.8, 4) is 0 Å². The first kappa shape index (κ1) is 16.8. The highest BCUT2D eigenvalue weighted by Gasteiger charge is 2.40. The Morgan fingerprint density at radius 2 is 1.58 bits per heavy atom. The highest BCUT2D eigenvalue weighted by molar-refractivity contribution is 5.95. The number of rotatable bonds is 5. The highest BCUT2D eigenvalue weighted by atomic mass is 16.2. The van der Waals surface area contributed by atoms with E-state index in [1.807, 2.05) is 53.4 Å².